The fourth-order valence-electron chi connectivity index (χ4n) is 2.38. The number of nitriles is 2. The first kappa shape index (κ1) is 14.9. The number of aromatic carboxylic acids is 1. The molecule has 0 unspecified atom stereocenters. The van der Waals surface area contributed by atoms with E-state index in [1.54, 1.807) is 36.4 Å². The lowest BCUT2D eigenvalue weighted by Gasteiger charge is -2.11. The van der Waals surface area contributed by atoms with Crippen molar-refractivity contribution in [3.8, 4) is 17.8 Å². The van der Waals surface area contributed by atoms with Crippen LogP contribution in [0, 0.1) is 22.7 Å². The highest BCUT2D eigenvalue weighted by Crippen LogP contribution is 2.19. The molecule has 0 spiro atoms. The Balaban J connectivity index is 2.45. The smallest absolute Gasteiger partial charge is 0.360 e. The van der Waals surface area contributed by atoms with Crippen molar-refractivity contribution in [2.45, 2.75) is 0 Å². The Kier molecular flexibility index (Phi) is 3.53. The number of fused-ring (bicyclic) bond motifs is 1. The number of rotatable bonds is 2. The van der Waals surface area contributed by atoms with Crippen LogP contribution in [-0.4, -0.2) is 20.9 Å². The third-order valence-electron chi connectivity index (χ3n) is 3.48. The Hall–Kier alpha value is -3.97. The Morgan fingerprint density at radius 1 is 1.08 bits per heavy atom. The van der Waals surface area contributed by atoms with E-state index in [-0.39, 0.29) is 10.9 Å². The van der Waals surface area contributed by atoms with Gasteiger partial charge in [-0.25, -0.2) is 9.48 Å². The zero-order valence-electron chi connectivity index (χ0n) is 12.1. The van der Waals surface area contributed by atoms with E-state index in [4.69, 9.17) is 5.26 Å². The van der Waals surface area contributed by atoms with Gasteiger partial charge in [0, 0.05) is 0 Å². The minimum absolute atomic E-state index is 0.00300. The van der Waals surface area contributed by atoms with E-state index in [0.717, 1.165) is 0 Å². The normalized spacial score (nSPS) is 10.1. The molecule has 0 atom stereocenters. The highest BCUT2D eigenvalue weighted by atomic mass is 16.4. The first-order chi connectivity index (χ1) is 11.6. The van der Waals surface area contributed by atoms with Crippen LogP contribution < -0.4 is 5.43 Å². The van der Waals surface area contributed by atoms with E-state index < -0.39 is 17.1 Å². The maximum atomic E-state index is 12.4. The molecule has 0 aliphatic carbocycles. The number of aromatic nitrogens is 2. The molecule has 1 heterocycles. The quantitative estimate of drug-likeness (QED) is 0.770. The second-order valence-corrected chi connectivity index (χ2v) is 4.86. The molecule has 0 fully saturated rings. The average molecular weight is 316 g/mol. The molecule has 1 aromatic heterocycles. The topological polar surface area (TPSA) is 120 Å². The second-order valence-electron chi connectivity index (χ2n) is 4.86. The first-order valence-corrected chi connectivity index (χ1v) is 6.77. The Bertz CT molecular complexity index is 1120. The molecule has 24 heavy (non-hydrogen) atoms. The van der Waals surface area contributed by atoms with Crippen molar-refractivity contribution in [1.29, 1.82) is 10.5 Å². The van der Waals surface area contributed by atoms with Crippen molar-refractivity contribution < 1.29 is 9.90 Å². The van der Waals surface area contributed by atoms with Gasteiger partial charge in [0.2, 0.25) is 11.1 Å². The van der Waals surface area contributed by atoms with Crippen LogP contribution >= 0.6 is 0 Å². The summed E-state index contributed by atoms with van der Waals surface area (Å²) in [5.74, 6) is -1.47. The molecule has 0 amide bonds. The van der Waals surface area contributed by atoms with E-state index in [2.05, 4.69) is 5.10 Å². The van der Waals surface area contributed by atoms with Gasteiger partial charge in [-0.15, -0.1) is 0 Å². The van der Waals surface area contributed by atoms with Crippen LogP contribution in [0.15, 0.2) is 47.3 Å². The van der Waals surface area contributed by atoms with E-state index in [9.17, 15) is 20.0 Å². The summed E-state index contributed by atoms with van der Waals surface area (Å²) in [5.41, 5.74) is -0.190. The van der Waals surface area contributed by atoms with Crippen molar-refractivity contribution in [2.75, 3.05) is 0 Å². The molecular weight excluding hydrogens is 308 g/mol. The zero-order valence-corrected chi connectivity index (χ0v) is 12.1. The van der Waals surface area contributed by atoms with Crippen LogP contribution in [0.25, 0.3) is 16.6 Å². The standard InChI is InChI=1S/C17H8N4O3/c18-8-10-4-6-12(7-5-10)21-13-3-1-2-11(9-19)14(13)16(22)15(20-21)17(23)24/h1-7H,(H,23,24). The predicted molar refractivity (Wildman–Crippen MR) is 83.7 cm³/mol. The lowest BCUT2D eigenvalue weighted by molar-refractivity contribution is 0.0687. The Morgan fingerprint density at radius 3 is 2.38 bits per heavy atom. The van der Waals surface area contributed by atoms with Crippen molar-refractivity contribution in [3.05, 3.63) is 69.5 Å². The maximum absolute atomic E-state index is 12.4. The molecule has 114 valence electrons. The van der Waals surface area contributed by atoms with Gasteiger partial charge in [0.15, 0.2) is 0 Å². The zero-order chi connectivity index (χ0) is 17.3. The summed E-state index contributed by atoms with van der Waals surface area (Å²) in [6.07, 6.45) is 0. The lowest BCUT2D eigenvalue weighted by Crippen LogP contribution is -2.23. The number of nitrogens with zero attached hydrogens (tertiary/aromatic N) is 4. The summed E-state index contributed by atoms with van der Waals surface area (Å²) < 4.78 is 1.28. The highest BCUT2D eigenvalue weighted by molar-refractivity contribution is 5.93. The lowest BCUT2D eigenvalue weighted by atomic mass is 10.1. The summed E-state index contributed by atoms with van der Waals surface area (Å²) >= 11 is 0. The maximum Gasteiger partial charge on any atom is 0.360 e. The molecule has 1 N–H and O–H groups in total. The van der Waals surface area contributed by atoms with Gasteiger partial charge in [-0.3, -0.25) is 4.79 Å². The van der Waals surface area contributed by atoms with E-state index in [1.807, 2.05) is 12.1 Å². The third-order valence-corrected chi connectivity index (χ3v) is 3.48. The third kappa shape index (κ3) is 2.27. The van der Waals surface area contributed by atoms with E-state index in [0.29, 0.717) is 16.8 Å². The minimum atomic E-state index is -1.47. The molecule has 3 rings (SSSR count). The van der Waals surface area contributed by atoms with Gasteiger partial charge < -0.3 is 5.11 Å². The van der Waals surface area contributed by atoms with Gasteiger partial charge in [-0.2, -0.15) is 15.6 Å². The molecule has 0 aliphatic heterocycles. The van der Waals surface area contributed by atoms with Gasteiger partial charge in [0.25, 0.3) is 0 Å². The van der Waals surface area contributed by atoms with Gasteiger partial charge in [-0.05, 0) is 36.4 Å². The van der Waals surface area contributed by atoms with Gasteiger partial charge in [0.05, 0.1) is 39.9 Å². The molecule has 7 nitrogen and oxygen atoms in total. The summed E-state index contributed by atoms with van der Waals surface area (Å²) in [7, 11) is 0. The number of carboxylic acid groups (broad SMARTS) is 1. The van der Waals surface area contributed by atoms with Gasteiger partial charge >= 0.3 is 5.97 Å². The van der Waals surface area contributed by atoms with Crippen molar-refractivity contribution in [2.24, 2.45) is 0 Å². The van der Waals surface area contributed by atoms with Crippen molar-refractivity contribution in [3.63, 3.8) is 0 Å². The highest BCUT2D eigenvalue weighted by Gasteiger charge is 2.19. The van der Waals surface area contributed by atoms with Gasteiger partial charge in [-0.1, -0.05) is 6.07 Å². The average Bonchev–Trinajstić information content (AvgIpc) is 2.61. The molecule has 3 aromatic rings. The molecule has 0 saturated carbocycles. The minimum Gasteiger partial charge on any atom is -0.476 e. The largest absolute Gasteiger partial charge is 0.476 e. The van der Waals surface area contributed by atoms with Crippen LogP contribution in [0.3, 0.4) is 0 Å². The molecule has 7 heteroatoms. The van der Waals surface area contributed by atoms with Crippen molar-refractivity contribution >= 4 is 16.9 Å². The fraction of sp³-hybridized carbons (Fsp3) is 0. The SMILES string of the molecule is N#Cc1ccc(-n2nc(C(=O)O)c(=O)c3c(C#N)cccc32)cc1. The molecule has 0 aliphatic rings. The molecule has 0 saturated heterocycles. The number of benzene rings is 2. The van der Waals surface area contributed by atoms with Crippen LogP contribution in [0.1, 0.15) is 21.6 Å². The summed E-state index contributed by atoms with van der Waals surface area (Å²) in [5, 5.41) is 31.2. The van der Waals surface area contributed by atoms with E-state index >= 15 is 0 Å². The fourth-order valence-corrected chi connectivity index (χ4v) is 2.38. The Morgan fingerprint density at radius 2 is 1.79 bits per heavy atom. The first-order valence-electron chi connectivity index (χ1n) is 6.77. The van der Waals surface area contributed by atoms with Crippen molar-refractivity contribution in [1.82, 2.24) is 9.78 Å². The van der Waals surface area contributed by atoms with Crippen LogP contribution in [0.4, 0.5) is 0 Å². The summed E-state index contributed by atoms with van der Waals surface area (Å²) in [4.78, 5) is 23.7. The number of hydrogen-bond donors (Lipinski definition) is 1. The molecule has 2 aromatic carbocycles. The molecular formula is C17H8N4O3. The van der Waals surface area contributed by atoms with Crippen LogP contribution in [0.5, 0.6) is 0 Å². The van der Waals surface area contributed by atoms with Crippen LogP contribution in [0.2, 0.25) is 0 Å². The van der Waals surface area contributed by atoms with Gasteiger partial charge in [0.1, 0.15) is 0 Å². The predicted octanol–water partition coefficient (Wildman–Crippen LogP) is 1.83. The molecule has 0 bridgehead atoms. The monoisotopic (exact) mass is 316 g/mol. The Labute approximate surface area is 135 Å². The second kappa shape index (κ2) is 5.67. The van der Waals surface area contributed by atoms with Crippen LogP contribution in [-0.2, 0) is 0 Å². The summed E-state index contributed by atoms with van der Waals surface area (Å²) in [6.45, 7) is 0. The number of carbonyl (C=O) groups is 1. The van der Waals surface area contributed by atoms with E-state index in [1.165, 1.54) is 10.7 Å². The number of carboxylic acids is 1. The number of hydrogen-bond acceptors (Lipinski definition) is 5. The molecule has 0 radical (unpaired) electrons. The summed E-state index contributed by atoms with van der Waals surface area (Å²) in [6, 6.07) is 14.8.